The van der Waals surface area contributed by atoms with Gasteiger partial charge >= 0.3 is 0 Å². The molecule has 1 saturated carbocycles. The summed E-state index contributed by atoms with van der Waals surface area (Å²) in [7, 11) is 3.12. The fourth-order valence-corrected chi connectivity index (χ4v) is 3.68. The molecular formula is C16H22ClN7O2. The third-order valence-corrected chi connectivity index (χ3v) is 5.41. The van der Waals surface area contributed by atoms with Crippen molar-refractivity contribution in [2.45, 2.75) is 45.4 Å². The number of carbonyl (C=O) groups excluding carboxylic acids is 1. The Bertz CT molecular complexity index is 892. The first-order valence-corrected chi connectivity index (χ1v) is 8.88. The summed E-state index contributed by atoms with van der Waals surface area (Å²) in [5.74, 6) is -0.358. The smallest absolute Gasteiger partial charge is 0.280 e. The lowest BCUT2D eigenvalue weighted by molar-refractivity contribution is 0.101. The molecule has 0 saturated heterocycles. The molecule has 1 amide bonds. The van der Waals surface area contributed by atoms with E-state index in [-0.39, 0.29) is 33.6 Å². The van der Waals surface area contributed by atoms with Crippen molar-refractivity contribution in [3.8, 4) is 0 Å². The minimum Gasteiger partial charge on any atom is -0.288 e. The molecule has 1 aliphatic carbocycles. The van der Waals surface area contributed by atoms with Crippen LogP contribution < -0.4 is 10.9 Å². The molecule has 1 fully saturated rings. The van der Waals surface area contributed by atoms with E-state index >= 15 is 0 Å². The van der Waals surface area contributed by atoms with Crippen molar-refractivity contribution in [3.05, 3.63) is 26.6 Å². The number of aryl methyl sites for hydroxylation is 2. The number of amides is 1. The first kappa shape index (κ1) is 18.5. The molecular weight excluding hydrogens is 358 g/mol. The Morgan fingerprint density at radius 3 is 2.46 bits per heavy atom. The molecule has 140 valence electrons. The Hall–Kier alpha value is -2.29. The van der Waals surface area contributed by atoms with Gasteiger partial charge in [0, 0.05) is 19.7 Å². The van der Waals surface area contributed by atoms with Crippen LogP contribution in [-0.2, 0) is 14.1 Å². The molecule has 0 atom stereocenters. The number of nitrogens with one attached hydrogen (secondary N) is 1. The van der Waals surface area contributed by atoms with Crippen LogP contribution in [0.15, 0.2) is 4.79 Å². The molecule has 1 aliphatic rings. The van der Waals surface area contributed by atoms with Crippen molar-refractivity contribution in [3.63, 3.8) is 0 Å². The van der Waals surface area contributed by atoms with Gasteiger partial charge in [0.15, 0.2) is 5.69 Å². The van der Waals surface area contributed by atoms with Crippen molar-refractivity contribution >= 4 is 23.5 Å². The SMILES string of the molecule is Cn1nnnc1NC(=O)c1nn(C)c(=O)c(C2CCC(C)(C)CC2)c1Cl. The number of tetrazole rings is 1. The summed E-state index contributed by atoms with van der Waals surface area (Å²) in [6, 6.07) is 0. The topological polar surface area (TPSA) is 108 Å². The molecule has 0 aromatic carbocycles. The summed E-state index contributed by atoms with van der Waals surface area (Å²) in [6.45, 7) is 4.45. The maximum absolute atomic E-state index is 12.6. The van der Waals surface area contributed by atoms with Crippen molar-refractivity contribution in [1.29, 1.82) is 0 Å². The molecule has 0 radical (unpaired) electrons. The number of hydrogen-bond acceptors (Lipinski definition) is 6. The number of carbonyl (C=O) groups is 1. The second-order valence-electron chi connectivity index (χ2n) is 7.52. The van der Waals surface area contributed by atoms with Crippen molar-refractivity contribution in [2.75, 3.05) is 5.32 Å². The second-order valence-corrected chi connectivity index (χ2v) is 7.90. The predicted octanol–water partition coefficient (Wildman–Crippen LogP) is 1.89. The van der Waals surface area contributed by atoms with Gasteiger partial charge in [0.05, 0.1) is 5.02 Å². The summed E-state index contributed by atoms with van der Waals surface area (Å²) in [5, 5.41) is 17.6. The first-order valence-electron chi connectivity index (χ1n) is 8.50. The van der Waals surface area contributed by atoms with Gasteiger partial charge < -0.3 is 0 Å². The van der Waals surface area contributed by atoms with Gasteiger partial charge in [-0.25, -0.2) is 9.36 Å². The van der Waals surface area contributed by atoms with Gasteiger partial charge in [-0.05, 0) is 47.4 Å². The lowest BCUT2D eigenvalue weighted by Gasteiger charge is -2.34. The number of aromatic nitrogens is 6. The van der Waals surface area contributed by atoms with Crippen molar-refractivity contribution < 1.29 is 4.79 Å². The Balaban J connectivity index is 1.95. The summed E-state index contributed by atoms with van der Waals surface area (Å²) < 4.78 is 2.49. The molecule has 10 heteroatoms. The molecule has 2 aromatic heterocycles. The molecule has 3 rings (SSSR count). The summed E-state index contributed by atoms with van der Waals surface area (Å²) in [4.78, 5) is 25.2. The van der Waals surface area contributed by atoms with Crippen LogP contribution in [0.3, 0.4) is 0 Å². The molecule has 1 N–H and O–H groups in total. The van der Waals surface area contributed by atoms with Crippen LogP contribution in [0.5, 0.6) is 0 Å². The van der Waals surface area contributed by atoms with E-state index in [4.69, 9.17) is 11.6 Å². The van der Waals surface area contributed by atoms with Gasteiger partial charge in [0.2, 0.25) is 5.95 Å². The molecule has 0 unspecified atom stereocenters. The van der Waals surface area contributed by atoms with Crippen molar-refractivity contribution in [1.82, 2.24) is 30.0 Å². The minimum atomic E-state index is -0.555. The Kier molecular flexibility index (Phi) is 4.83. The van der Waals surface area contributed by atoms with Gasteiger partial charge in [0.1, 0.15) is 0 Å². The maximum Gasteiger partial charge on any atom is 0.280 e. The standard InChI is InChI=1S/C16H22ClN7O2/c1-16(2)7-5-9(6-8-16)10-11(17)12(20-23(3)14(10)26)13(25)18-15-19-21-22-24(15)4/h9H,5-8H2,1-4H3,(H,18,19,22,25). The number of rotatable bonds is 3. The summed E-state index contributed by atoms with van der Waals surface area (Å²) in [5.41, 5.74) is 0.480. The molecule has 2 aromatic rings. The normalized spacial score (nSPS) is 17.3. The van der Waals surface area contributed by atoms with E-state index in [0.29, 0.717) is 5.56 Å². The Morgan fingerprint density at radius 2 is 1.88 bits per heavy atom. The van der Waals surface area contributed by atoms with Gasteiger partial charge in [-0.15, -0.1) is 0 Å². The molecule has 9 nitrogen and oxygen atoms in total. The second kappa shape index (κ2) is 6.79. The number of nitrogens with zero attached hydrogens (tertiary/aromatic N) is 6. The Labute approximate surface area is 155 Å². The molecule has 0 bridgehead atoms. The van der Waals surface area contributed by atoms with Crippen LogP contribution in [0.4, 0.5) is 5.95 Å². The van der Waals surface area contributed by atoms with Gasteiger partial charge in [-0.1, -0.05) is 30.5 Å². The monoisotopic (exact) mass is 379 g/mol. The quantitative estimate of drug-likeness (QED) is 0.872. The lowest BCUT2D eigenvalue weighted by Crippen LogP contribution is -2.32. The van der Waals surface area contributed by atoms with Gasteiger partial charge in [-0.3, -0.25) is 14.9 Å². The van der Waals surface area contributed by atoms with Crippen LogP contribution in [-0.4, -0.2) is 35.9 Å². The average Bonchev–Trinajstić information content (AvgIpc) is 2.97. The lowest BCUT2D eigenvalue weighted by atomic mass is 9.71. The largest absolute Gasteiger partial charge is 0.288 e. The van der Waals surface area contributed by atoms with E-state index in [2.05, 4.69) is 39.8 Å². The van der Waals surface area contributed by atoms with E-state index < -0.39 is 5.91 Å². The molecule has 26 heavy (non-hydrogen) atoms. The minimum absolute atomic E-state index is 0.00315. The predicted molar refractivity (Wildman–Crippen MR) is 96.2 cm³/mol. The average molecular weight is 380 g/mol. The third kappa shape index (κ3) is 3.48. The van der Waals surface area contributed by atoms with Crippen LogP contribution in [0, 0.1) is 5.41 Å². The molecule has 0 spiro atoms. The van der Waals surface area contributed by atoms with E-state index in [1.807, 2.05) is 0 Å². The van der Waals surface area contributed by atoms with E-state index in [9.17, 15) is 9.59 Å². The fourth-order valence-electron chi connectivity index (χ4n) is 3.32. The van der Waals surface area contributed by atoms with Gasteiger partial charge in [0.25, 0.3) is 11.5 Å². The van der Waals surface area contributed by atoms with Crippen LogP contribution in [0.1, 0.15) is 61.5 Å². The third-order valence-electron chi connectivity index (χ3n) is 5.03. The number of hydrogen-bond donors (Lipinski definition) is 1. The highest BCUT2D eigenvalue weighted by molar-refractivity contribution is 6.34. The zero-order chi connectivity index (χ0) is 19.1. The highest BCUT2D eigenvalue weighted by Gasteiger charge is 2.32. The van der Waals surface area contributed by atoms with Crippen LogP contribution in [0.2, 0.25) is 5.02 Å². The van der Waals surface area contributed by atoms with E-state index in [1.54, 1.807) is 7.05 Å². The van der Waals surface area contributed by atoms with Gasteiger partial charge in [-0.2, -0.15) is 5.10 Å². The summed E-state index contributed by atoms with van der Waals surface area (Å²) in [6.07, 6.45) is 3.73. The van der Waals surface area contributed by atoms with Crippen LogP contribution in [0.25, 0.3) is 0 Å². The molecule has 0 aliphatic heterocycles. The van der Waals surface area contributed by atoms with E-state index in [1.165, 1.54) is 16.4 Å². The zero-order valence-electron chi connectivity index (χ0n) is 15.3. The van der Waals surface area contributed by atoms with E-state index in [0.717, 1.165) is 25.7 Å². The molecule has 2 heterocycles. The Morgan fingerprint density at radius 1 is 1.23 bits per heavy atom. The van der Waals surface area contributed by atoms with Crippen molar-refractivity contribution in [2.24, 2.45) is 19.5 Å². The van der Waals surface area contributed by atoms with Crippen LogP contribution >= 0.6 is 11.6 Å². The highest BCUT2D eigenvalue weighted by Crippen LogP contribution is 2.43. The first-order chi connectivity index (χ1) is 12.2. The highest BCUT2D eigenvalue weighted by atomic mass is 35.5. The number of anilines is 1. The maximum atomic E-state index is 12.6. The number of halogens is 1. The summed E-state index contributed by atoms with van der Waals surface area (Å²) >= 11 is 6.47. The zero-order valence-corrected chi connectivity index (χ0v) is 16.0. The fraction of sp³-hybridized carbons (Fsp3) is 0.625.